The van der Waals surface area contributed by atoms with Crippen molar-refractivity contribution < 1.29 is 15.0 Å². The van der Waals surface area contributed by atoms with Gasteiger partial charge in [0.1, 0.15) is 0 Å². The minimum absolute atomic E-state index is 0.144. The van der Waals surface area contributed by atoms with Gasteiger partial charge in [0.2, 0.25) is 0 Å². The average Bonchev–Trinajstić information content (AvgIpc) is 2.83. The van der Waals surface area contributed by atoms with E-state index in [1.165, 1.54) is 4.90 Å². The molecule has 2 aromatic rings. The molecule has 1 aliphatic rings. The topological polar surface area (TPSA) is 60.8 Å². The van der Waals surface area contributed by atoms with E-state index in [0.29, 0.717) is 18.5 Å². The lowest BCUT2D eigenvalue weighted by atomic mass is 9.85. The third kappa shape index (κ3) is 1.85. The molecule has 100 valence electrons. The lowest BCUT2D eigenvalue weighted by Crippen LogP contribution is -2.66. The van der Waals surface area contributed by atoms with Crippen LogP contribution in [0.3, 0.4) is 0 Å². The SMILES string of the molecule is CC1(C(O)O)CCN1C(=O)c1ccc2sccc2c1. The van der Waals surface area contributed by atoms with Gasteiger partial charge in [-0.15, -0.1) is 11.3 Å². The molecular formula is C14H15NO3S. The number of rotatable bonds is 2. The number of amides is 1. The highest BCUT2D eigenvalue weighted by molar-refractivity contribution is 7.17. The van der Waals surface area contributed by atoms with Crippen molar-refractivity contribution in [3.8, 4) is 0 Å². The first-order chi connectivity index (χ1) is 9.02. The Morgan fingerprint density at radius 3 is 2.84 bits per heavy atom. The van der Waals surface area contributed by atoms with Gasteiger partial charge in [-0.1, -0.05) is 0 Å². The zero-order valence-electron chi connectivity index (χ0n) is 10.5. The molecule has 2 N–H and O–H groups in total. The largest absolute Gasteiger partial charge is 0.366 e. The zero-order chi connectivity index (χ0) is 13.6. The van der Waals surface area contributed by atoms with Gasteiger partial charge in [-0.05, 0) is 48.4 Å². The van der Waals surface area contributed by atoms with Crippen LogP contribution in [0.25, 0.3) is 10.1 Å². The van der Waals surface area contributed by atoms with Gasteiger partial charge in [-0.2, -0.15) is 0 Å². The van der Waals surface area contributed by atoms with Crippen LogP contribution in [0.15, 0.2) is 29.6 Å². The Morgan fingerprint density at radius 1 is 1.42 bits per heavy atom. The number of aliphatic hydroxyl groups is 2. The van der Waals surface area contributed by atoms with E-state index < -0.39 is 11.8 Å². The zero-order valence-corrected chi connectivity index (χ0v) is 11.4. The van der Waals surface area contributed by atoms with Crippen molar-refractivity contribution in [1.82, 2.24) is 4.90 Å². The van der Waals surface area contributed by atoms with Crippen LogP contribution >= 0.6 is 11.3 Å². The maximum Gasteiger partial charge on any atom is 0.254 e. The van der Waals surface area contributed by atoms with E-state index in [1.54, 1.807) is 24.3 Å². The van der Waals surface area contributed by atoms with Crippen molar-refractivity contribution in [2.75, 3.05) is 6.54 Å². The number of thiophene rings is 1. The molecule has 19 heavy (non-hydrogen) atoms. The molecule has 0 spiro atoms. The molecule has 1 unspecified atom stereocenters. The smallest absolute Gasteiger partial charge is 0.254 e. The summed E-state index contributed by atoms with van der Waals surface area (Å²) in [5.74, 6) is -0.144. The lowest BCUT2D eigenvalue weighted by Gasteiger charge is -2.51. The fourth-order valence-corrected chi connectivity index (χ4v) is 3.20. The van der Waals surface area contributed by atoms with E-state index in [2.05, 4.69) is 0 Å². The minimum Gasteiger partial charge on any atom is -0.366 e. The van der Waals surface area contributed by atoms with Crippen LogP contribution < -0.4 is 0 Å². The molecule has 1 fully saturated rings. The van der Waals surface area contributed by atoms with Gasteiger partial charge >= 0.3 is 0 Å². The number of likely N-dealkylation sites (tertiary alicyclic amines) is 1. The molecule has 4 nitrogen and oxygen atoms in total. The van der Waals surface area contributed by atoms with Gasteiger partial charge in [0.05, 0.1) is 5.54 Å². The van der Waals surface area contributed by atoms with E-state index in [0.717, 1.165) is 10.1 Å². The van der Waals surface area contributed by atoms with Crippen LogP contribution in [0.2, 0.25) is 0 Å². The van der Waals surface area contributed by atoms with Crippen LogP contribution in [0, 0.1) is 0 Å². The van der Waals surface area contributed by atoms with Gasteiger partial charge < -0.3 is 15.1 Å². The number of carbonyl (C=O) groups excluding carboxylic acids is 1. The minimum atomic E-state index is -1.50. The van der Waals surface area contributed by atoms with Gasteiger partial charge in [0, 0.05) is 16.8 Å². The molecule has 0 saturated carbocycles. The standard InChI is InChI=1S/C14H15NO3S/c1-14(13(17)18)5-6-15(14)12(16)10-2-3-11-9(8-10)4-7-19-11/h2-4,7-8,13,17-18H,5-6H2,1H3. The second-order valence-electron chi connectivity index (χ2n) is 5.11. The normalized spacial score (nSPS) is 22.8. The number of nitrogens with zero attached hydrogens (tertiary/aromatic N) is 1. The molecule has 2 heterocycles. The lowest BCUT2D eigenvalue weighted by molar-refractivity contribution is -0.171. The van der Waals surface area contributed by atoms with Gasteiger partial charge in [0.15, 0.2) is 6.29 Å². The summed E-state index contributed by atoms with van der Waals surface area (Å²) in [5, 5.41) is 21.8. The molecular weight excluding hydrogens is 262 g/mol. The molecule has 0 aliphatic carbocycles. The first-order valence-electron chi connectivity index (χ1n) is 6.18. The van der Waals surface area contributed by atoms with Gasteiger partial charge in [0.25, 0.3) is 5.91 Å². The highest BCUT2D eigenvalue weighted by atomic mass is 32.1. The fraction of sp³-hybridized carbons (Fsp3) is 0.357. The van der Waals surface area contributed by atoms with Gasteiger partial charge in [-0.3, -0.25) is 4.79 Å². The quantitative estimate of drug-likeness (QED) is 0.823. The van der Waals surface area contributed by atoms with E-state index in [1.807, 2.05) is 23.6 Å². The van der Waals surface area contributed by atoms with Crippen LogP contribution in [0.1, 0.15) is 23.7 Å². The van der Waals surface area contributed by atoms with Crippen LogP contribution in [0.4, 0.5) is 0 Å². The number of hydrogen-bond acceptors (Lipinski definition) is 4. The molecule has 3 rings (SSSR count). The van der Waals surface area contributed by atoms with E-state index in [-0.39, 0.29) is 5.91 Å². The molecule has 1 aliphatic heterocycles. The first kappa shape index (κ1) is 12.6. The second-order valence-corrected chi connectivity index (χ2v) is 6.06. The predicted octanol–water partition coefficient (Wildman–Crippen LogP) is 1.82. The first-order valence-corrected chi connectivity index (χ1v) is 7.06. The number of fused-ring (bicyclic) bond motifs is 1. The number of benzene rings is 1. The summed E-state index contributed by atoms with van der Waals surface area (Å²) >= 11 is 1.64. The number of hydrogen-bond donors (Lipinski definition) is 2. The highest BCUT2D eigenvalue weighted by Gasteiger charge is 2.48. The molecule has 1 aromatic carbocycles. The van der Waals surface area contributed by atoms with Crippen LogP contribution in [0.5, 0.6) is 0 Å². The number of carbonyl (C=O) groups is 1. The van der Waals surface area contributed by atoms with Crippen LogP contribution in [-0.4, -0.2) is 39.4 Å². The summed E-state index contributed by atoms with van der Waals surface area (Å²) in [5.41, 5.74) is -0.266. The van der Waals surface area contributed by atoms with Gasteiger partial charge in [-0.25, -0.2) is 0 Å². The van der Waals surface area contributed by atoms with Crippen molar-refractivity contribution in [3.05, 3.63) is 35.2 Å². The average molecular weight is 277 g/mol. The van der Waals surface area contributed by atoms with Crippen molar-refractivity contribution in [3.63, 3.8) is 0 Å². The molecule has 1 atom stereocenters. The monoisotopic (exact) mass is 277 g/mol. The Bertz CT molecular complexity index is 636. The summed E-state index contributed by atoms with van der Waals surface area (Å²) in [4.78, 5) is 14.0. The van der Waals surface area contributed by atoms with E-state index in [4.69, 9.17) is 0 Å². The molecule has 1 saturated heterocycles. The summed E-state index contributed by atoms with van der Waals surface area (Å²) in [7, 11) is 0. The number of aliphatic hydroxyl groups excluding tert-OH is 1. The molecule has 1 aromatic heterocycles. The molecule has 0 radical (unpaired) electrons. The Morgan fingerprint density at radius 2 is 2.21 bits per heavy atom. The summed E-state index contributed by atoms with van der Waals surface area (Å²) in [6.45, 7) is 2.26. The third-order valence-electron chi connectivity index (χ3n) is 3.96. The van der Waals surface area contributed by atoms with Crippen molar-refractivity contribution in [1.29, 1.82) is 0 Å². The summed E-state index contributed by atoms with van der Waals surface area (Å²) < 4.78 is 1.14. The fourth-order valence-electron chi connectivity index (χ4n) is 2.43. The Hall–Kier alpha value is -1.43. The summed E-state index contributed by atoms with van der Waals surface area (Å²) in [6.07, 6.45) is -0.896. The molecule has 0 bridgehead atoms. The molecule has 5 heteroatoms. The Kier molecular flexibility index (Phi) is 2.85. The van der Waals surface area contributed by atoms with Crippen molar-refractivity contribution in [2.24, 2.45) is 0 Å². The maximum atomic E-state index is 12.4. The Balaban J connectivity index is 1.91. The van der Waals surface area contributed by atoms with Crippen LogP contribution in [-0.2, 0) is 0 Å². The van der Waals surface area contributed by atoms with Crippen molar-refractivity contribution in [2.45, 2.75) is 25.2 Å². The highest BCUT2D eigenvalue weighted by Crippen LogP contribution is 2.34. The second kappa shape index (κ2) is 4.30. The summed E-state index contributed by atoms with van der Waals surface area (Å²) in [6, 6.07) is 7.56. The van der Waals surface area contributed by atoms with E-state index >= 15 is 0 Å². The maximum absolute atomic E-state index is 12.4. The third-order valence-corrected chi connectivity index (χ3v) is 4.86. The van der Waals surface area contributed by atoms with Crippen molar-refractivity contribution >= 4 is 27.3 Å². The predicted molar refractivity (Wildman–Crippen MR) is 74.1 cm³/mol. The Labute approximate surface area is 114 Å². The van der Waals surface area contributed by atoms with E-state index in [9.17, 15) is 15.0 Å². The molecule has 1 amide bonds.